The van der Waals surface area contributed by atoms with Crippen molar-refractivity contribution in [1.82, 2.24) is 4.90 Å². The molecule has 0 unspecified atom stereocenters. The van der Waals surface area contributed by atoms with Crippen LogP contribution in [-0.4, -0.2) is 36.5 Å². The van der Waals surface area contributed by atoms with Crippen molar-refractivity contribution in [3.05, 3.63) is 71.5 Å². The minimum Gasteiger partial charge on any atom is -0.379 e. The van der Waals surface area contributed by atoms with E-state index < -0.39 is 0 Å². The lowest BCUT2D eigenvalue weighted by molar-refractivity contribution is -0.123. The molecule has 0 amide bonds. The van der Waals surface area contributed by atoms with Gasteiger partial charge in [-0.15, -0.1) is 0 Å². The lowest BCUT2D eigenvalue weighted by Crippen LogP contribution is -2.37. The molecule has 3 atom stereocenters. The fourth-order valence-corrected chi connectivity index (χ4v) is 4.24. The minimum atomic E-state index is -0.243. The molecule has 25 heavy (non-hydrogen) atoms. The third-order valence-corrected chi connectivity index (χ3v) is 5.41. The summed E-state index contributed by atoms with van der Waals surface area (Å²) < 4.78 is 19.5. The van der Waals surface area contributed by atoms with Crippen molar-refractivity contribution in [3.63, 3.8) is 0 Å². The number of ether oxygens (including phenoxy) is 1. The third-order valence-electron chi connectivity index (χ3n) is 5.41. The number of hydrogen-bond acceptors (Lipinski definition) is 3. The predicted octanol–water partition coefficient (Wildman–Crippen LogP) is 3.40. The van der Waals surface area contributed by atoms with Gasteiger partial charge in [-0.1, -0.05) is 42.5 Å². The summed E-state index contributed by atoms with van der Waals surface area (Å²) in [5.74, 6) is -0.0909. The van der Waals surface area contributed by atoms with Crippen LogP contribution < -0.4 is 0 Å². The maximum atomic E-state index is 13.7. The van der Waals surface area contributed by atoms with Gasteiger partial charge in [0.05, 0.1) is 13.2 Å². The van der Waals surface area contributed by atoms with Gasteiger partial charge in [0.15, 0.2) is 0 Å². The Kier molecular flexibility index (Phi) is 4.64. The molecule has 0 aliphatic carbocycles. The van der Waals surface area contributed by atoms with E-state index in [0.29, 0.717) is 19.6 Å². The molecule has 4 heteroatoms. The molecule has 0 N–H and O–H groups in total. The number of hydrogen-bond donors (Lipinski definition) is 0. The normalized spacial score (nSPS) is 27.1. The number of likely N-dealkylation sites (tertiary alicyclic amines) is 1. The number of rotatable bonds is 3. The SMILES string of the molecule is O=C1CCOC[C@@H]2[C@@H]1[C@H](c1cccc(F)c1)CN2Cc1ccccc1. The van der Waals surface area contributed by atoms with Crippen molar-refractivity contribution in [1.29, 1.82) is 0 Å². The van der Waals surface area contributed by atoms with Crippen molar-refractivity contribution >= 4 is 5.78 Å². The number of carbonyl (C=O) groups excluding carboxylic acids is 1. The van der Waals surface area contributed by atoms with Crippen LogP contribution in [0.25, 0.3) is 0 Å². The molecular formula is C21H22FNO2. The Labute approximate surface area is 147 Å². The fraction of sp³-hybridized carbons (Fsp3) is 0.381. The molecule has 2 aliphatic heterocycles. The van der Waals surface area contributed by atoms with Gasteiger partial charge in [0, 0.05) is 37.4 Å². The average Bonchev–Trinajstić information content (AvgIpc) is 2.86. The van der Waals surface area contributed by atoms with Crippen LogP contribution in [0.5, 0.6) is 0 Å². The zero-order valence-electron chi connectivity index (χ0n) is 14.1. The molecule has 0 spiro atoms. The predicted molar refractivity (Wildman–Crippen MR) is 93.7 cm³/mol. The second-order valence-corrected chi connectivity index (χ2v) is 6.96. The molecule has 130 valence electrons. The second kappa shape index (κ2) is 7.06. The Morgan fingerprint density at radius 3 is 2.76 bits per heavy atom. The molecule has 2 heterocycles. The van der Waals surface area contributed by atoms with E-state index in [-0.39, 0.29) is 29.5 Å². The van der Waals surface area contributed by atoms with Gasteiger partial charge in [-0.05, 0) is 23.3 Å². The van der Waals surface area contributed by atoms with Crippen LogP contribution in [0.4, 0.5) is 4.39 Å². The summed E-state index contributed by atoms with van der Waals surface area (Å²) in [6.45, 7) is 2.59. The maximum absolute atomic E-state index is 13.7. The quantitative estimate of drug-likeness (QED) is 0.858. The topological polar surface area (TPSA) is 29.5 Å². The summed E-state index contributed by atoms with van der Waals surface area (Å²) in [4.78, 5) is 15.1. The summed E-state index contributed by atoms with van der Waals surface area (Å²) in [6.07, 6.45) is 0.451. The number of benzene rings is 2. The van der Waals surface area contributed by atoms with E-state index in [1.165, 1.54) is 11.6 Å². The first kappa shape index (κ1) is 16.4. The van der Waals surface area contributed by atoms with E-state index in [4.69, 9.17) is 4.74 Å². The van der Waals surface area contributed by atoms with E-state index >= 15 is 0 Å². The first-order valence-corrected chi connectivity index (χ1v) is 8.86. The van der Waals surface area contributed by atoms with E-state index in [9.17, 15) is 9.18 Å². The van der Waals surface area contributed by atoms with Gasteiger partial charge in [-0.3, -0.25) is 9.69 Å². The Bertz CT molecular complexity index is 749. The van der Waals surface area contributed by atoms with Gasteiger partial charge in [-0.25, -0.2) is 4.39 Å². The number of carbonyl (C=O) groups is 1. The summed E-state index contributed by atoms with van der Waals surface area (Å²) in [7, 11) is 0. The summed E-state index contributed by atoms with van der Waals surface area (Å²) in [5, 5.41) is 0. The highest BCUT2D eigenvalue weighted by atomic mass is 19.1. The smallest absolute Gasteiger partial charge is 0.140 e. The molecule has 4 rings (SSSR count). The molecule has 2 aromatic rings. The van der Waals surface area contributed by atoms with Gasteiger partial charge >= 0.3 is 0 Å². The standard InChI is InChI=1S/C21H22FNO2/c22-17-8-4-7-16(11-17)18-13-23(12-15-5-2-1-3-6-15)19-14-25-10-9-20(24)21(18)19/h1-8,11,18-19,21H,9-10,12-14H2/t18-,19+,21-/m0/s1. The fourth-order valence-electron chi connectivity index (χ4n) is 4.24. The second-order valence-electron chi connectivity index (χ2n) is 6.96. The van der Waals surface area contributed by atoms with Crippen molar-refractivity contribution < 1.29 is 13.9 Å². The average molecular weight is 339 g/mol. The van der Waals surface area contributed by atoms with Gasteiger partial charge in [0.25, 0.3) is 0 Å². The number of halogens is 1. The lowest BCUT2D eigenvalue weighted by Gasteiger charge is -2.25. The van der Waals surface area contributed by atoms with Gasteiger partial charge in [0.2, 0.25) is 0 Å². The van der Waals surface area contributed by atoms with Crippen molar-refractivity contribution in [3.8, 4) is 0 Å². The zero-order chi connectivity index (χ0) is 17.2. The number of fused-ring (bicyclic) bond motifs is 1. The summed E-state index contributed by atoms with van der Waals surface area (Å²) in [6, 6.07) is 17.0. The van der Waals surface area contributed by atoms with Crippen LogP contribution in [0.2, 0.25) is 0 Å². The Morgan fingerprint density at radius 2 is 1.96 bits per heavy atom. The summed E-state index contributed by atoms with van der Waals surface area (Å²) >= 11 is 0. The molecule has 3 nitrogen and oxygen atoms in total. The molecule has 2 aliphatic rings. The van der Waals surface area contributed by atoms with Crippen LogP contribution in [-0.2, 0) is 16.1 Å². The molecule has 2 saturated heterocycles. The number of nitrogens with zero attached hydrogens (tertiary/aromatic N) is 1. The van der Waals surface area contributed by atoms with E-state index in [1.807, 2.05) is 24.3 Å². The van der Waals surface area contributed by atoms with Crippen LogP contribution in [0.15, 0.2) is 54.6 Å². The highest BCUT2D eigenvalue weighted by molar-refractivity contribution is 5.83. The van der Waals surface area contributed by atoms with Crippen molar-refractivity contribution in [2.75, 3.05) is 19.8 Å². The molecule has 2 aromatic carbocycles. The first-order valence-electron chi connectivity index (χ1n) is 8.86. The largest absolute Gasteiger partial charge is 0.379 e. The molecule has 0 aromatic heterocycles. The third kappa shape index (κ3) is 3.37. The van der Waals surface area contributed by atoms with E-state index in [1.54, 1.807) is 12.1 Å². The van der Waals surface area contributed by atoms with Crippen molar-refractivity contribution in [2.24, 2.45) is 5.92 Å². The Hall–Kier alpha value is -2.04. The molecule has 0 saturated carbocycles. The maximum Gasteiger partial charge on any atom is 0.140 e. The van der Waals surface area contributed by atoms with Crippen LogP contribution in [0.1, 0.15) is 23.5 Å². The number of ketones is 1. The Balaban J connectivity index is 1.66. The Morgan fingerprint density at radius 1 is 1.12 bits per heavy atom. The van der Waals surface area contributed by atoms with E-state index in [2.05, 4.69) is 17.0 Å². The summed E-state index contributed by atoms with van der Waals surface area (Å²) in [5.41, 5.74) is 2.14. The highest BCUT2D eigenvalue weighted by Gasteiger charge is 2.46. The highest BCUT2D eigenvalue weighted by Crippen LogP contribution is 2.40. The first-order chi connectivity index (χ1) is 12.2. The lowest BCUT2D eigenvalue weighted by atomic mass is 9.82. The van der Waals surface area contributed by atoms with Crippen LogP contribution in [0.3, 0.4) is 0 Å². The van der Waals surface area contributed by atoms with Crippen LogP contribution >= 0.6 is 0 Å². The molecular weight excluding hydrogens is 317 g/mol. The minimum absolute atomic E-state index is 0.0265. The molecule has 0 radical (unpaired) electrons. The number of Topliss-reactive ketones (excluding diaryl/α,β-unsaturated/α-hetero) is 1. The van der Waals surface area contributed by atoms with Gasteiger partial charge < -0.3 is 4.74 Å². The van der Waals surface area contributed by atoms with Gasteiger partial charge in [0.1, 0.15) is 11.6 Å². The molecule has 0 bridgehead atoms. The monoisotopic (exact) mass is 339 g/mol. The van der Waals surface area contributed by atoms with E-state index in [0.717, 1.165) is 18.7 Å². The molecule has 2 fully saturated rings. The van der Waals surface area contributed by atoms with Gasteiger partial charge in [-0.2, -0.15) is 0 Å². The van der Waals surface area contributed by atoms with Crippen molar-refractivity contribution in [2.45, 2.75) is 24.9 Å². The zero-order valence-corrected chi connectivity index (χ0v) is 14.1. The van der Waals surface area contributed by atoms with Crippen LogP contribution in [0, 0.1) is 11.7 Å².